The maximum atomic E-state index is 6.03. The third kappa shape index (κ3) is 1.81. The molecule has 0 saturated carbocycles. The Morgan fingerprint density at radius 1 is 1.43 bits per heavy atom. The van der Waals surface area contributed by atoms with Crippen LogP contribution in [0.4, 0.5) is 0 Å². The summed E-state index contributed by atoms with van der Waals surface area (Å²) >= 11 is 9.14. The second kappa shape index (κ2) is 3.71. The zero-order valence-electron chi connectivity index (χ0n) is 7.29. The summed E-state index contributed by atoms with van der Waals surface area (Å²) in [6.07, 6.45) is 0. The Morgan fingerprint density at radius 3 is 2.79 bits per heavy atom. The van der Waals surface area contributed by atoms with Gasteiger partial charge in [-0.25, -0.2) is 0 Å². The van der Waals surface area contributed by atoms with E-state index in [0.717, 1.165) is 11.1 Å². The highest BCUT2D eigenvalue weighted by Gasteiger charge is 2.10. The van der Waals surface area contributed by atoms with E-state index < -0.39 is 0 Å². The standard InChI is InChI=1S/C9H6BrClN2O/c1-5-2-3-6(7(11)4-5)8-12-9(10)13-14-8/h2-4H,1H3. The van der Waals surface area contributed by atoms with Crippen molar-refractivity contribution in [3.05, 3.63) is 33.5 Å². The molecule has 1 aromatic carbocycles. The van der Waals surface area contributed by atoms with Crippen LogP contribution in [0.1, 0.15) is 5.56 Å². The van der Waals surface area contributed by atoms with Crippen molar-refractivity contribution in [2.45, 2.75) is 6.92 Å². The lowest BCUT2D eigenvalue weighted by atomic mass is 10.1. The number of rotatable bonds is 1. The SMILES string of the molecule is Cc1ccc(-c2nc(Br)no2)c(Cl)c1. The summed E-state index contributed by atoms with van der Waals surface area (Å²) in [5.41, 5.74) is 1.84. The second-order valence-electron chi connectivity index (χ2n) is 2.85. The van der Waals surface area contributed by atoms with Crippen LogP contribution in [0.25, 0.3) is 11.5 Å². The van der Waals surface area contributed by atoms with Gasteiger partial charge in [-0.05, 0) is 45.7 Å². The third-order valence-electron chi connectivity index (χ3n) is 1.76. The average Bonchev–Trinajstić information content (AvgIpc) is 2.51. The first-order valence-electron chi connectivity index (χ1n) is 3.92. The summed E-state index contributed by atoms with van der Waals surface area (Å²) in [6.45, 7) is 1.97. The van der Waals surface area contributed by atoms with Crippen LogP contribution in [-0.2, 0) is 0 Å². The summed E-state index contributed by atoms with van der Waals surface area (Å²) in [5.74, 6) is 0.418. The van der Waals surface area contributed by atoms with E-state index in [2.05, 4.69) is 26.1 Å². The van der Waals surface area contributed by atoms with E-state index in [1.165, 1.54) is 0 Å². The van der Waals surface area contributed by atoms with Gasteiger partial charge in [-0.15, -0.1) is 0 Å². The molecule has 14 heavy (non-hydrogen) atoms. The van der Waals surface area contributed by atoms with Crippen molar-refractivity contribution in [2.24, 2.45) is 0 Å². The minimum Gasteiger partial charge on any atom is -0.333 e. The van der Waals surface area contributed by atoms with Crippen LogP contribution in [0, 0.1) is 6.92 Å². The van der Waals surface area contributed by atoms with Crippen molar-refractivity contribution in [1.82, 2.24) is 10.1 Å². The minimum absolute atomic E-state index is 0.418. The van der Waals surface area contributed by atoms with Crippen LogP contribution < -0.4 is 0 Å². The van der Waals surface area contributed by atoms with Gasteiger partial charge in [-0.3, -0.25) is 0 Å². The molecule has 0 unspecified atom stereocenters. The Labute approximate surface area is 94.2 Å². The highest BCUT2D eigenvalue weighted by atomic mass is 79.9. The van der Waals surface area contributed by atoms with Crippen LogP contribution in [0.15, 0.2) is 27.5 Å². The van der Waals surface area contributed by atoms with Gasteiger partial charge >= 0.3 is 0 Å². The molecule has 0 saturated heterocycles. The molecule has 0 N–H and O–H groups in total. The number of aryl methyl sites for hydroxylation is 1. The van der Waals surface area contributed by atoms with Crippen LogP contribution in [0.3, 0.4) is 0 Å². The molecule has 0 spiro atoms. The summed E-state index contributed by atoms with van der Waals surface area (Å²) in [6, 6.07) is 5.66. The van der Waals surface area contributed by atoms with E-state index in [1.54, 1.807) is 0 Å². The minimum atomic E-state index is 0.418. The fourth-order valence-electron chi connectivity index (χ4n) is 1.11. The number of hydrogen-bond donors (Lipinski definition) is 0. The lowest BCUT2D eigenvalue weighted by Crippen LogP contribution is -1.80. The van der Waals surface area contributed by atoms with Gasteiger partial charge in [-0.2, -0.15) is 4.98 Å². The summed E-state index contributed by atoms with van der Waals surface area (Å²) in [7, 11) is 0. The zero-order chi connectivity index (χ0) is 10.1. The van der Waals surface area contributed by atoms with Crippen molar-refractivity contribution >= 4 is 27.5 Å². The van der Waals surface area contributed by atoms with Crippen LogP contribution in [0.2, 0.25) is 5.02 Å². The van der Waals surface area contributed by atoms with E-state index in [4.69, 9.17) is 16.1 Å². The Bertz CT molecular complexity index is 470. The molecule has 0 amide bonds. The molecular formula is C9H6BrClN2O. The Morgan fingerprint density at radius 2 is 2.21 bits per heavy atom. The number of halogens is 2. The summed E-state index contributed by atoms with van der Waals surface area (Å²) in [5, 5.41) is 4.24. The predicted octanol–water partition coefficient (Wildman–Crippen LogP) is 3.46. The smallest absolute Gasteiger partial charge is 0.260 e. The molecule has 72 valence electrons. The number of nitrogens with zero attached hydrogens (tertiary/aromatic N) is 2. The lowest BCUT2D eigenvalue weighted by Gasteiger charge is -1.98. The Hall–Kier alpha value is -0.870. The Balaban J connectivity index is 2.52. The molecular weight excluding hydrogens is 267 g/mol. The fraction of sp³-hybridized carbons (Fsp3) is 0.111. The Kier molecular flexibility index (Phi) is 2.56. The maximum absolute atomic E-state index is 6.03. The maximum Gasteiger partial charge on any atom is 0.260 e. The largest absolute Gasteiger partial charge is 0.333 e. The summed E-state index contributed by atoms with van der Waals surface area (Å²) in [4.78, 5) is 4.03. The molecule has 0 aliphatic heterocycles. The number of benzene rings is 1. The van der Waals surface area contributed by atoms with Gasteiger partial charge < -0.3 is 4.52 Å². The molecule has 0 aliphatic rings. The average molecular weight is 274 g/mol. The first-order valence-corrected chi connectivity index (χ1v) is 5.09. The van der Waals surface area contributed by atoms with Crippen molar-refractivity contribution in [1.29, 1.82) is 0 Å². The molecule has 0 aliphatic carbocycles. The molecule has 2 rings (SSSR count). The van der Waals surface area contributed by atoms with E-state index >= 15 is 0 Å². The normalized spacial score (nSPS) is 10.5. The monoisotopic (exact) mass is 272 g/mol. The topological polar surface area (TPSA) is 38.9 Å². The van der Waals surface area contributed by atoms with Crippen molar-refractivity contribution in [3.63, 3.8) is 0 Å². The lowest BCUT2D eigenvalue weighted by molar-refractivity contribution is 0.426. The molecule has 3 nitrogen and oxygen atoms in total. The van der Waals surface area contributed by atoms with E-state index in [9.17, 15) is 0 Å². The molecule has 5 heteroatoms. The van der Waals surface area contributed by atoms with Crippen LogP contribution in [-0.4, -0.2) is 10.1 Å². The molecule has 1 aromatic heterocycles. The molecule has 0 bridgehead atoms. The van der Waals surface area contributed by atoms with Crippen LogP contribution >= 0.6 is 27.5 Å². The molecule has 0 atom stereocenters. The van der Waals surface area contributed by atoms with Gasteiger partial charge in [0, 0.05) is 0 Å². The molecule has 0 fully saturated rings. The molecule has 1 heterocycles. The number of hydrogen-bond acceptors (Lipinski definition) is 3. The molecule has 0 radical (unpaired) electrons. The first-order chi connectivity index (χ1) is 6.66. The van der Waals surface area contributed by atoms with Gasteiger partial charge in [0.25, 0.3) is 5.89 Å². The first kappa shape index (κ1) is 9.68. The van der Waals surface area contributed by atoms with E-state index in [-0.39, 0.29) is 0 Å². The van der Waals surface area contributed by atoms with E-state index in [0.29, 0.717) is 15.6 Å². The highest BCUT2D eigenvalue weighted by Crippen LogP contribution is 2.27. The van der Waals surface area contributed by atoms with Gasteiger partial charge in [-0.1, -0.05) is 17.7 Å². The number of aromatic nitrogens is 2. The predicted molar refractivity (Wildman–Crippen MR) is 57.2 cm³/mol. The third-order valence-corrected chi connectivity index (χ3v) is 2.39. The van der Waals surface area contributed by atoms with Gasteiger partial charge in [0.1, 0.15) is 0 Å². The fourth-order valence-corrected chi connectivity index (χ4v) is 1.66. The van der Waals surface area contributed by atoms with Crippen LogP contribution in [0.5, 0.6) is 0 Å². The van der Waals surface area contributed by atoms with Crippen molar-refractivity contribution < 1.29 is 4.52 Å². The van der Waals surface area contributed by atoms with Gasteiger partial charge in [0.2, 0.25) is 4.73 Å². The van der Waals surface area contributed by atoms with Crippen molar-refractivity contribution in [3.8, 4) is 11.5 Å². The second-order valence-corrected chi connectivity index (χ2v) is 3.97. The summed E-state index contributed by atoms with van der Waals surface area (Å²) < 4.78 is 5.40. The van der Waals surface area contributed by atoms with Crippen molar-refractivity contribution in [2.75, 3.05) is 0 Å². The highest BCUT2D eigenvalue weighted by molar-refractivity contribution is 9.10. The van der Waals surface area contributed by atoms with E-state index in [1.807, 2.05) is 25.1 Å². The van der Waals surface area contributed by atoms with Gasteiger partial charge in [0.05, 0.1) is 10.6 Å². The zero-order valence-corrected chi connectivity index (χ0v) is 9.63. The van der Waals surface area contributed by atoms with Gasteiger partial charge in [0.15, 0.2) is 0 Å². The quantitative estimate of drug-likeness (QED) is 0.798. The molecule has 2 aromatic rings.